The number of ether oxygens (including phenoxy) is 3. The van der Waals surface area contributed by atoms with E-state index in [1.54, 1.807) is 29.1 Å². The molecule has 0 aliphatic carbocycles. The van der Waals surface area contributed by atoms with Gasteiger partial charge in [0.05, 0.1) is 23.4 Å². The first-order chi connectivity index (χ1) is 23.8. The molecule has 5 aromatic rings. The third kappa shape index (κ3) is 7.02. The number of anilines is 2. The fraction of sp³-hybridized carbons (Fsp3) is 0.382. The molecule has 2 saturated heterocycles. The van der Waals surface area contributed by atoms with Crippen LogP contribution in [0.25, 0.3) is 5.69 Å². The Morgan fingerprint density at radius 2 is 1.61 bits per heavy atom. The van der Waals surface area contributed by atoms with E-state index in [1.807, 2.05) is 38.1 Å². The first kappa shape index (κ1) is 33.1. The van der Waals surface area contributed by atoms with Crippen LogP contribution in [0.4, 0.5) is 11.4 Å². The second-order valence-electron chi connectivity index (χ2n) is 12.2. The van der Waals surface area contributed by atoms with Gasteiger partial charge in [-0.2, -0.15) is 5.10 Å². The van der Waals surface area contributed by atoms with Crippen LogP contribution >= 0.6 is 23.2 Å². The van der Waals surface area contributed by atoms with E-state index in [9.17, 15) is 4.79 Å². The van der Waals surface area contributed by atoms with Crippen molar-refractivity contribution in [1.29, 1.82) is 0 Å². The smallest absolute Gasteiger partial charge is 0.350 e. The van der Waals surface area contributed by atoms with E-state index < -0.39 is 5.79 Å². The van der Waals surface area contributed by atoms with Gasteiger partial charge in [0.2, 0.25) is 5.79 Å². The minimum absolute atomic E-state index is 0.0629. The minimum atomic E-state index is -1.20. The van der Waals surface area contributed by atoms with Crippen molar-refractivity contribution in [2.45, 2.75) is 44.7 Å². The number of aromatic nitrogens is 7. The lowest BCUT2D eigenvalue weighted by Gasteiger charge is -2.37. The molecular formula is C34H37Cl2N9O4. The molecule has 0 bridgehead atoms. The minimum Gasteiger partial charge on any atom is -0.491 e. The van der Waals surface area contributed by atoms with Crippen LogP contribution in [0.15, 0.2) is 84.2 Å². The maximum atomic E-state index is 12.8. The molecule has 7 rings (SSSR count). The zero-order chi connectivity index (χ0) is 34.0. The summed E-state index contributed by atoms with van der Waals surface area (Å²) in [7, 11) is 0. The van der Waals surface area contributed by atoms with E-state index in [-0.39, 0.29) is 31.0 Å². The average Bonchev–Trinajstić information content (AvgIpc) is 3.88. The summed E-state index contributed by atoms with van der Waals surface area (Å²) in [5, 5.41) is 16.7. The molecule has 13 nitrogen and oxygen atoms in total. The zero-order valence-corrected chi connectivity index (χ0v) is 28.7. The van der Waals surface area contributed by atoms with Crippen molar-refractivity contribution in [3.05, 3.63) is 105 Å². The number of rotatable bonds is 11. The SMILES string of the molecule is CC[C@H](C)n1ncn(-c2ccc(N3CCN(c4ccc(OC[C@@H]5CO[C@@](Cn6cnnn6)(c6ccc(Cl)cc6Cl)O5)cc4)CC3)cc2)c1=O. The predicted molar refractivity (Wildman–Crippen MR) is 186 cm³/mol. The number of halogens is 2. The van der Waals surface area contributed by atoms with Gasteiger partial charge in [0.15, 0.2) is 0 Å². The van der Waals surface area contributed by atoms with Crippen molar-refractivity contribution >= 4 is 34.6 Å². The number of benzene rings is 3. The van der Waals surface area contributed by atoms with Crippen molar-refractivity contribution in [2.24, 2.45) is 0 Å². The third-order valence-electron chi connectivity index (χ3n) is 9.07. The van der Waals surface area contributed by atoms with Gasteiger partial charge in [0.1, 0.15) is 37.7 Å². The van der Waals surface area contributed by atoms with Gasteiger partial charge in [-0.25, -0.2) is 18.7 Å². The summed E-state index contributed by atoms with van der Waals surface area (Å²) in [5.41, 5.74) is 3.60. The fourth-order valence-electron chi connectivity index (χ4n) is 6.18. The Morgan fingerprint density at radius 1 is 0.939 bits per heavy atom. The quantitative estimate of drug-likeness (QED) is 0.186. The molecule has 15 heteroatoms. The number of tetrazole rings is 1. The topological polar surface area (TPSA) is 118 Å². The normalized spacial score (nSPS) is 20.1. The van der Waals surface area contributed by atoms with Crippen molar-refractivity contribution in [2.75, 3.05) is 49.2 Å². The summed E-state index contributed by atoms with van der Waals surface area (Å²) in [5.74, 6) is -0.460. The van der Waals surface area contributed by atoms with Crippen LogP contribution in [0.2, 0.25) is 10.0 Å². The number of piperazine rings is 1. The van der Waals surface area contributed by atoms with E-state index in [0.29, 0.717) is 22.2 Å². The summed E-state index contributed by atoms with van der Waals surface area (Å²) in [6.45, 7) is 8.36. The highest BCUT2D eigenvalue weighted by Crippen LogP contribution is 2.40. The Kier molecular flexibility index (Phi) is 9.59. The van der Waals surface area contributed by atoms with Crippen molar-refractivity contribution in [1.82, 2.24) is 34.6 Å². The summed E-state index contributed by atoms with van der Waals surface area (Å²) < 4.78 is 23.5. The fourth-order valence-corrected chi connectivity index (χ4v) is 6.73. The largest absolute Gasteiger partial charge is 0.491 e. The number of hydrogen-bond donors (Lipinski definition) is 0. The molecule has 0 saturated carbocycles. The first-order valence-electron chi connectivity index (χ1n) is 16.3. The molecule has 0 spiro atoms. The lowest BCUT2D eigenvalue weighted by molar-refractivity contribution is -0.190. The van der Waals surface area contributed by atoms with Gasteiger partial charge in [-0.15, -0.1) is 5.10 Å². The maximum Gasteiger partial charge on any atom is 0.350 e. The van der Waals surface area contributed by atoms with Crippen LogP contribution < -0.4 is 20.2 Å². The van der Waals surface area contributed by atoms with Gasteiger partial charge in [-0.3, -0.25) is 0 Å². The van der Waals surface area contributed by atoms with Crippen molar-refractivity contribution in [3.8, 4) is 11.4 Å². The monoisotopic (exact) mass is 705 g/mol. The highest BCUT2D eigenvalue weighted by atomic mass is 35.5. The summed E-state index contributed by atoms with van der Waals surface area (Å²) in [6, 6.07) is 21.5. The summed E-state index contributed by atoms with van der Waals surface area (Å²) in [6.07, 6.45) is 3.59. The lowest BCUT2D eigenvalue weighted by Crippen LogP contribution is -2.46. The molecule has 256 valence electrons. The second kappa shape index (κ2) is 14.2. The lowest BCUT2D eigenvalue weighted by atomic mass is 10.1. The van der Waals surface area contributed by atoms with Crippen molar-refractivity contribution in [3.63, 3.8) is 0 Å². The van der Waals surface area contributed by atoms with Crippen LogP contribution in [-0.4, -0.2) is 80.1 Å². The first-order valence-corrected chi connectivity index (χ1v) is 17.0. The standard InChI is InChI=1S/C34H37Cl2N9O4/c1-3-24(2)45-33(46)44(23-38-45)28-7-5-26(6-8-28)41-14-16-42(17-15-41)27-9-11-29(12-10-27)47-19-30-20-48-34(49-30,21-43-22-37-39-40-43)31-13-4-25(35)18-32(31)36/h4-13,18,22-24,30H,3,14-17,19-21H2,1-2H3/t24-,30+,34+/m0/s1. The zero-order valence-electron chi connectivity index (χ0n) is 27.2. The van der Waals surface area contributed by atoms with Gasteiger partial charge >= 0.3 is 5.69 Å². The van der Waals surface area contributed by atoms with Gasteiger partial charge in [-0.05, 0) is 84.4 Å². The molecule has 4 heterocycles. The van der Waals surface area contributed by atoms with E-state index >= 15 is 0 Å². The molecule has 0 radical (unpaired) electrons. The molecule has 3 aromatic carbocycles. The average molecular weight is 707 g/mol. The van der Waals surface area contributed by atoms with E-state index in [1.165, 1.54) is 15.7 Å². The van der Waals surface area contributed by atoms with E-state index in [0.717, 1.165) is 55.4 Å². The molecule has 49 heavy (non-hydrogen) atoms. The molecule has 0 N–H and O–H groups in total. The Labute approximate surface area is 293 Å². The molecular weight excluding hydrogens is 669 g/mol. The van der Waals surface area contributed by atoms with Gasteiger partial charge < -0.3 is 24.0 Å². The molecule has 0 unspecified atom stereocenters. The Bertz CT molecular complexity index is 1910. The van der Waals surface area contributed by atoms with Crippen molar-refractivity contribution < 1.29 is 14.2 Å². The molecule has 2 fully saturated rings. The predicted octanol–water partition coefficient (Wildman–Crippen LogP) is 4.97. The van der Waals surface area contributed by atoms with Crippen LogP contribution in [0.3, 0.4) is 0 Å². The third-order valence-corrected chi connectivity index (χ3v) is 9.62. The summed E-state index contributed by atoms with van der Waals surface area (Å²) in [4.78, 5) is 17.5. The van der Waals surface area contributed by atoms with Gasteiger partial charge in [0.25, 0.3) is 0 Å². The summed E-state index contributed by atoms with van der Waals surface area (Å²) >= 11 is 12.7. The Hall–Kier alpha value is -4.43. The maximum absolute atomic E-state index is 12.8. The number of nitrogens with zero attached hydrogens (tertiary/aromatic N) is 9. The molecule has 2 aliphatic rings. The molecule has 3 atom stereocenters. The molecule has 0 amide bonds. The van der Waals surface area contributed by atoms with E-state index in [4.69, 9.17) is 37.4 Å². The van der Waals surface area contributed by atoms with E-state index in [2.05, 4.69) is 54.7 Å². The van der Waals surface area contributed by atoms with Gasteiger partial charge in [0, 0.05) is 48.1 Å². The number of hydrogen-bond acceptors (Lipinski definition) is 10. The molecule has 2 aromatic heterocycles. The highest BCUT2D eigenvalue weighted by molar-refractivity contribution is 6.35. The van der Waals surface area contributed by atoms with Crippen LogP contribution in [0.1, 0.15) is 31.9 Å². The Morgan fingerprint density at radius 3 is 2.24 bits per heavy atom. The second-order valence-corrected chi connectivity index (χ2v) is 13.1. The highest BCUT2D eigenvalue weighted by Gasteiger charge is 2.45. The van der Waals surface area contributed by atoms with Gasteiger partial charge in [-0.1, -0.05) is 36.2 Å². The van der Waals surface area contributed by atoms with Crippen LogP contribution in [0.5, 0.6) is 5.75 Å². The van der Waals surface area contributed by atoms with Crippen LogP contribution in [-0.2, 0) is 21.8 Å². The van der Waals surface area contributed by atoms with Crippen LogP contribution in [0, 0.1) is 0 Å². The Balaban J connectivity index is 0.925. The molecule has 2 aliphatic heterocycles.